The van der Waals surface area contributed by atoms with Crippen molar-refractivity contribution in [2.45, 2.75) is 74.7 Å². The van der Waals surface area contributed by atoms with Crippen LogP contribution in [0.5, 0.6) is 0 Å². The van der Waals surface area contributed by atoms with Gasteiger partial charge in [-0.25, -0.2) is 0 Å². The van der Waals surface area contributed by atoms with Gasteiger partial charge in [0.15, 0.2) is 0 Å². The van der Waals surface area contributed by atoms with E-state index in [1.54, 1.807) is 0 Å². The molecule has 0 aliphatic carbocycles. The quantitative estimate of drug-likeness (QED) is 0.266. The maximum absolute atomic E-state index is 2.37. The van der Waals surface area contributed by atoms with Crippen LogP contribution < -0.4 is 0 Å². The Morgan fingerprint density at radius 1 is 0.583 bits per heavy atom. The Bertz CT molecular complexity index is 332. The van der Waals surface area contributed by atoms with Crippen LogP contribution in [0.1, 0.15) is 74.7 Å². The van der Waals surface area contributed by atoms with Gasteiger partial charge in [0.1, 0.15) is 0 Å². The Labute approximate surface area is 181 Å². The maximum Gasteiger partial charge on any atom is -0.0184 e. The summed E-state index contributed by atoms with van der Waals surface area (Å²) in [6.45, 7) is 16.8. The molecule has 0 aliphatic rings. The minimum absolute atomic E-state index is 0.628. The first-order chi connectivity index (χ1) is 11.6. The minimum Gasteiger partial charge on any atom is -0.0616 e. The predicted octanol–water partition coefficient (Wildman–Crippen LogP) is 9.88. The van der Waals surface area contributed by atoms with Crippen molar-refractivity contribution in [3.8, 4) is 0 Å². The first-order valence-corrected chi connectivity index (χ1v) is 18.0. The number of rotatable bonds is 0. The fourth-order valence-electron chi connectivity index (χ4n) is 1.13. The number of hydrogen-bond acceptors (Lipinski definition) is 0. The number of fused-ring (bicyclic) bond motifs is 1. The molecule has 24 heavy (non-hydrogen) atoms. The molecule has 0 saturated carbocycles. The first kappa shape index (κ1) is 32.4. The molecule has 0 heterocycles. The van der Waals surface area contributed by atoms with Gasteiger partial charge in [-0.2, -0.15) is 0 Å². The summed E-state index contributed by atoms with van der Waals surface area (Å²) in [6, 6.07) is 16.7. The van der Waals surface area contributed by atoms with E-state index in [1.165, 1.54) is 30.0 Å². The van der Waals surface area contributed by atoms with E-state index in [0.29, 0.717) is 9.47 Å². The fraction of sp³-hybridized carbons (Fsp3) is 0.524. The molecule has 3 heteroatoms. The predicted molar refractivity (Wildman–Crippen MR) is 131 cm³/mol. The summed E-state index contributed by atoms with van der Waals surface area (Å²) in [5.74, 6) is 0. The molecule has 141 valence electrons. The van der Waals surface area contributed by atoms with Crippen molar-refractivity contribution < 1.29 is 9.47 Å². The summed E-state index contributed by atoms with van der Waals surface area (Å²) in [4.78, 5) is 0. The molecule has 2 rings (SSSR count). The van der Waals surface area contributed by atoms with Crippen LogP contribution in [-0.4, -0.2) is 0 Å². The fourth-order valence-corrected chi connectivity index (χ4v) is 1.13. The van der Waals surface area contributed by atoms with Gasteiger partial charge in [-0.1, -0.05) is 123 Å². The molecule has 0 unspecified atom stereocenters. The molecule has 0 radical (unpaired) electrons. The van der Waals surface area contributed by atoms with E-state index in [4.69, 9.17) is 0 Å². The topological polar surface area (TPSA) is 0 Å². The van der Waals surface area contributed by atoms with E-state index in [9.17, 15) is 0 Å². The van der Waals surface area contributed by atoms with Crippen molar-refractivity contribution >= 4 is 50.7 Å². The Morgan fingerprint density at radius 2 is 0.708 bits per heavy atom. The SMILES string of the molecule is CC.CCC.CCC.CCC.[I][V][I].c1ccc2ccccc2c1. The van der Waals surface area contributed by atoms with Gasteiger partial charge in [-0.3, -0.25) is 0 Å². The summed E-state index contributed by atoms with van der Waals surface area (Å²) < 4.78 is 0. The molecule has 0 aliphatic heterocycles. The molecule has 0 fully saturated rings. The van der Waals surface area contributed by atoms with Crippen LogP contribution in [0.25, 0.3) is 10.8 Å². The zero-order valence-electron chi connectivity index (χ0n) is 16.9. The largest absolute Gasteiger partial charge is 0.0616 e. The van der Waals surface area contributed by atoms with Crippen molar-refractivity contribution in [2.24, 2.45) is 0 Å². The molecular weight excluding hydrogens is 557 g/mol. The number of hydrogen-bond donors (Lipinski definition) is 0. The maximum atomic E-state index is 2.37. The van der Waals surface area contributed by atoms with Gasteiger partial charge in [0.25, 0.3) is 0 Å². The Morgan fingerprint density at radius 3 is 0.833 bits per heavy atom. The van der Waals surface area contributed by atoms with Gasteiger partial charge in [0.05, 0.1) is 0 Å². The van der Waals surface area contributed by atoms with Crippen LogP contribution >= 0.6 is 40.0 Å². The first-order valence-electron chi connectivity index (χ1n) is 8.99. The Kier molecular flexibility index (Phi) is 47.2. The molecule has 0 bridgehead atoms. The van der Waals surface area contributed by atoms with E-state index in [2.05, 4.69) is 130 Å². The summed E-state index contributed by atoms with van der Waals surface area (Å²) >= 11 is 4.74. The van der Waals surface area contributed by atoms with Crippen molar-refractivity contribution in [3.63, 3.8) is 0 Å². The summed E-state index contributed by atoms with van der Waals surface area (Å²) in [5, 5.41) is 2.62. The number of halogens is 2. The smallest absolute Gasteiger partial charge is 0.0184 e. The van der Waals surface area contributed by atoms with Crippen molar-refractivity contribution in [2.75, 3.05) is 0 Å². The van der Waals surface area contributed by atoms with Crippen molar-refractivity contribution in [1.29, 1.82) is 0 Å². The molecule has 0 amide bonds. The van der Waals surface area contributed by atoms with Crippen LogP contribution in [0.15, 0.2) is 48.5 Å². The van der Waals surface area contributed by atoms with E-state index < -0.39 is 0 Å². The van der Waals surface area contributed by atoms with Gasteiger partial charge in [0, 0.05) is 0 Å². The van der Waals surface area contributed by atoms with Gasteiger partial charge in [0.2, 0.25) is 0 Å². The monoisotopic (exact) mass is 595 g/mol. The van der Waals surface area contributed by atoms with Crippen LogP contribution in [0.4, 0.5) is 0 Å². The van der Waals surface area contributed by atoms with Crippen LogP contribution in [0.2, 0.25) is 0 Å². The zero-order valence-corrected chi connectivity index (χ0v) is 22.7. The molecule has 0 atom stereocenters. The normalized spacial score (nSPS) is 7.25. The third-order valence-corrected chi connectivity index (χ3v) is 1.66. The zero-order chi connectivity index (χ0) is 19.6. The summed E-state index contributed by atoms with van der Waals surface area (Å²) in [6.07, 6.45) is 3.75. The van der Waals surface area contributed by atoms with Crippen LogP contribution in [-0.2, 0) is 9.47 Å². The van der Waals surface area contributed by atoms with E-state index in [-0.39, 0.29) is 0 Å². The van der Waals surface area contributed by atoms with Crippen LogP contribution in [0.3, 0.4) is 0 Å². The van der Waals surface area contributed by atoms with Gasteiger partial charge < -0.3 is 0 Å². The second kappa shape index (κ2) is 35.0. The minimum atomic E-state index is 0.628. The molecular formula is C21H38I2V. The standard InChI is InChI=1S/C10H8.3C3H8.C2H6.2HI.V/c1-2-6-10-8-4-3-7-9(10)5-1;3*1-3-2;1-2;;;/h1-8H;3*3H2,1-2H3;1-2H3;2*1H;/q;;;;;;;+2/p-2. The number of benzene rings is 2. The molecule has 0 spiro atoms. The van der Waals surface area contributed by atoms with E-state index in [0.717, 1.165) is 0 Å². The average Bonchev–Trinajstić information content (AvgIpc) is 2.60. The Balaban J connectivity index is -0.000000121. The van der Waals surface area contributed by atoms with Crippen molar-refractivity contribution in [3.05, 3.63) is 48.5 Å². The van der Waals surface area contributed by atoms with Crippen LogP contribution in [0, 0.1) is 0 Å². The van der Waals surface area contributed by atoms with Gasteiger partial charge in [-0.15, -0.1) is 0 Å². The second-order valence-electron chi connectivity index (χ2n) is 4.53. The molecule has 2 aromatic rings. The average molecular weight is 595 g/mol. The Hall–Kier alpha value is 0.744. The third-order valence-electron chi connectivity index (χ3n) is 1.66. The summed E-state index contributed by atoms with van der Waals surface area (Å²) in [7, 11) is 0.628. The molecule has 2 aromatic carbocycles. The molecule has 0 saturated heterocycles. The van der Waals surface area contributed by atoms with Crippen molar-refractivity contribution in [1.82, 2.24) is 0 Å². The third kappa shape index (κ3) is 30.6. The molecule has 0 N–H and O–H groups in total. The molecule has 0 nitrogen and oxygen atoms in total. The molecule has 0 aromatic heterocycles. The van der Waals surface area contributed by atoms with Gasteiger partial charge in [-0.05, 0) is 10.8 Å². The summed E-state index contributed by atoms with van der Waals surface area (Å²) in [5.41, 5.74) is 0. The second-order valence-corrected chi connectivity index (χ2v) is 16.3. The van der Waals surface area contributed by atoms with E-state index >= 15 is 0 Å². The van der Waals surface area contributed by atoms with E-state index in [1.807, 2.05) is 13.8 Å². The van der Waals surface area contributed by atoms with Gasteiger partial charge >= 0.3 is 49.4 Å².